The van der Waals surface area contributed by atoms with Gasteiger partial charge in [-0.2, -0.15) is 21.6 Å². The second kappa shape index (κ2) is 3.95. The predicted octanol–water partition coefficient (Wildman–Crippen LogP) is 1.28. The van der Waals surface area contributed by atoms with Gasteiger partial charge in [0.2, 0.25) is 0 Å². The summed E-state index contributed by atoms with van der Waals surface area (Å²) in [5.74, 6) is -1.57. The quantitative estimate of drug-likeness (QED) is 0.771. The van der Waals surface area contributed by atoms with E-state index in [1.807, 2.05) is 0 Å². The van der Waals surface area contributed by atoms with E-state index in [0.717, 1.165) is 10.8 Å². The largest absolute Gasteiger partial charge is 0.516 e. The summed E-state index contributed by atoms with van der Waals surface area (Å²) in [7, 11) is -5.63. The minimum absolute atomic E-state index is 0.210. The summed E-state index contributed by atoms with van der Waals surface area (Å²) in [5, 5.41) is 8.63. The van der Waals surface area contributed by atoms with Crippen LogP contribution >= 0.6 is 0 Å². The molecule has 0 spiro atoms. The van der Waals surface area contributed by atoms with Crippen molar-refractivity contribution in [2.45, 2.75) is 12.4 Å². The number of aromatic carboxylic acids is 1. The van der Waals surface area contributed by atoms with E-state index in [-0.39, 0.29) is 5.69 Å². The fourth-order valence-corrected chi connectivity index (χ4v) is 1.61. The molecule has 0 radical (unpaired) electrons. The standard InChI is InChI=1S/C7H7F3N2O4S/c1-3-2-4(5(11-3)6(13)14)12-17(15,16)7(8,9)10/h2,11-12H,1H3,(H,13,14). The molecular formula is C7H7F3N2O4S. The molecule has 1 aromatic heterocycles. The molecule has 0 aliphatic carbocycles. The SMILES string of the molecule is Cc1cc(NS(=O)(=O)C(F)(F)F)c(C(=O)O)[nH]1. The molecule has 1 heterocycles. The molecule has 0 fully saturated rings. The number of halogens is 3. The van der Waals surface area contributed by atoms with Crippen LogP contribution in [0.2, 0.25) is 0 Å². The smallest absolute Gasteiger partial charge is 0.477 e. The van der Waals surface area contributed by atoms with Gasteiger partial charge in [-0.25, -0.2) is 4.79 Å². The molecule has 0 saturated heterocycles. The highest BCUT2D eigenvalue weighted by atomic mass is 32.2. The summed E-state index contributed by atoms with van der Waals surface area (Å²) < 4.78 is 58.8. The summed E-state index contributed by atoms with van der Waals surface area (Å²) in [6, 6.07) is 0.951. The van der Waals surface area contributed by atoms with Gasteiger partial charge in [0.05, 0.1) is 5.69 Å². The summed E-state index contributed by atoms with van der Waals surface area (Å²) >= 11 is 0. The number of H-pyrrole nitrogens is 1. The number of carbonyl (C=O) groups is 1. The van der Waals surface area contributed by atoms with Gasteiger partial charge in [-0.05, 0) is 13.0 Å². The number of sulfonamides is 1. The van der Waals surface area contributed by atoms with Crippen LogP contribution in [0.4, 0.5) is 18.9 Å². The van der Waals surface area contributed by atoms with Gasteiger partial charge in [-0.15, -0.1) is 0 Å². The number of rotatable bonds is 3. The normalized spacial score (nSPS) is 12.5. The molecule has 96 valence electrons. The number of alkyl halides is 3. The number of hydrogen-bond donors (Lipinski definition) is 3. The number of carboxylic acids is 1. The topological polar surface area (TPSA) is 99.3 Å². The van der Waals surface area contributed by atoms with Crippen molar-refractivity contribution in [2.75, 3.05) is 4.72 Å². The molecule has 0 unspecified atom stereocenters. The van der Waals surface area contributed by atoms with Crippen LogP contribution in [0.15, 0.2) is 6.07 Å². The minimum atomic E-state index is -5.63. The van der Waals surface area contributed by atoms with Crippen LogP contribution in [0, 0.1) is 6.92 Å². The van der Waals surface area contributed by atoms with Crippen LogP contribution in [0.3, 0.4) is 0 Å². The zero-order valence-corrected chi connectivity index (χ0v) is 9.11. The molecule has 0 aliphatic heterocycles. The van der Waals surface area contributed by atoms with Crippen molar-refractivity contribution in [3.8, 4) is 0 Å². The van der Waals surface area contributed by atoms with Gasteiger partial charge < -0.3 is 10.1 Å². The third-order valence-electron chi connectivity index (χ3n) is 1.72. The molecule has 3 N–H and O–H groups in total. The first-order valence-electron chi connectivity index (χ1n) is 4.06. The molecule has 1 aromatic rings. The lowest BCUT2D eigenvalue weighted by molar-refractivity contribution is -0.0429. The summed E-state index contributed by atoms with van der Waals surface area (Å²) in [6.45, 7) is 1.37. The van der Waals surface area contributed by atoms with E-state index in [0.29, 0.717) is 0 Å². The lowest BCUT2D eigenvalue weighted by atomic mass is 10.4. The predicted molar refractivity (Wildman–Crippen MR) is 51.1 cm³/mol. The van der Waals surface area contributed by atoms with Gasteiger partial charge >= 0.3 is 21.5 Å². The first kappa shape index (κ1) is 13.4. The maximum absolute atomic E-state index is 12.1. The van der Waals surface area contributed by atoms with Crippen LogP contribution in [0.25, 0.3) is 0 Å². The zero-order chi connectivity index (χ0) is 13.4. The Labute approximate surface area is 93.5 Å². The molecule has 0 bridgehead atoms. The molecular weight excluding hydrogens is 265 g/mol. The molecule has 0 aromatic carbocycles. The summed E-state index contributed by atoms with van der Waals surface area (Å²) in [5.41, 5.74) is -6.61. The first-order chi connectivity index (χ1) is 7.54. The Hall–Kier alpha value is -1.71. The maximum atomic E-state index is 12.1. The highest BCUT2D eigenvalue weighted by Gasteiger charge is 2.46. The molecule has 17 heavy (non-hydrogen) atoms. The van der Waals surface area contributed by atoms with Gasteiger partial charge in [-0.3, -0.25) is 4.72 Å². The molecule has 0 amide bonds. The van der Waals surface area contributed by atoms with E-state index in [2.05, 4.69) is 4.98 Å². The average Bonchev–Trinajstić information content (AvgIpc) is 2.43. The number of nitrogens with one attached hydrogen (secondary N) is 2. The molecule has 0 atom stereocenters. The maximum Gasteiger partial charge on any atom is 0.516 e. The second-order valence-electron chi connectivity index (χ2n) is 3.10. The lowest BCUT2D eigenvalue weighted by Crippen LogP contribution is -2.30. The summed E-state index contributed by atoms with van der Waals surface area (Å²) in [4.78, 5) is 12.8. The molecule has 0 aliphatic rings. The van der Waals surface area contributed by atoms with Crippen molar-refractivity contribution in [2.24, 2.45) is 0 Å². The van der Waals surface area contributed by atoms with Crippen molar-refractivity contribution in [1.82, 2.24) is 4.98 Å². The lowest BCUT2D eigenvalue weighted by Gasteiger charge is -2.09. The van der Waals surface area contributed by atoms with Crippen LogP contribution in [0.1, 0.15) is 16.2 Å². The van der Waals surface area contributed by atoms with Crippen LogP contribution in [-0.2, 0) is 10.0 Å². The van der Waals surface area contributed by atoms with Crippen molar-refractivity contribution in [1.29, 1.82) is 0 Å². The summed E-state index contributed by atoms with van der Waals surface area (Å²) in [6.07, 6.45) is 0. The van der Waals surface area contributed by atoms with E-state index in [1.165, 1.54) is 6.92 Å². The highest BCUT2D eigenvalue weighted by molar-refractivity contribution is 7.93. The van der Waals surface area contributed by atoms with Gasteiger partial charge in [-0.1, -0.05) is 0 Å². The average molecular weight is 272 g/mol. The Morgan fingerprint density at radius 2 is 2.00 bits per heavy atom. The van der Waals surface area contributed by atoms with Crippen LogP contribution in [0.5, 0.6) is 0 Å². The van der Waals surface area contributed by atoms with E-state index in [4.69, 9.17) is 5.11 Å². The number of hydrogen-bond acceptors (Lipinski definition) is 3. The number of aromatic amines is 1. The fourth-order valence-electron chi connectivity index (χ4n) is 1.04. The Morgan fingerprint density at radius 3 is 2.41 bits per heavy atom. The Morgan fingerprint density at radius 1 is 1.47 bits per heavy atom. The Kier molecular flexibility index (Phi) is 3.10. The minimum Gasteiger partial charge on any atom is -0.477 e. The van der Waals surface area contributed by atoms with Crippen LogP contribution in [-0.4, -0.2) is 30.0 Å². The number of aromatic nitrogens is 1. The van der Waals surface area contributed by atoms with Gasteiger partial charge in [0, 0.05) is 5.69 Å². The van der Waals surface area contributed by atoms with Crippen molar-refractivity contribution in [3.05, 3.63) is 17.5 Å². The third-order valence-corrected chi connectivity index (χ3v) is 2.81. The third kappa shape index (κ3) is 2.70. The molecule has 1 rings (SSSR count). The van der Waals surface area contributed by atoms with Crippen molar-refractivity contribution >= 4 is 21.7 Å². The highest BCUT2D eigenvalue weighted by Crippen LogP contribution is 2.27. The monoisotopic (exact) mass is 272 g/mol. The van der Waals surface area contributed by atoms with Crippen molar-refractivity contribution < 1.29 is 31.5 Å². The van der Waals surface area contributed by atoms with E-state index < -0.39 is 32.9 Å². The van der Waals surface area contributed by atoms with Gasteiger partial charge in [0.15, 0.2) is 0 Å². The molecule has 0 saturated carbocycles. The number of carboxylic acid groups (broad SMARTS) is 1. The Bertz CT molecular complexity index is 546. The first-order valence-corrected chi connectivity index (χ1v) is 5.55. The van der Waals surface area contributed by atoms with E-state index in [1.54, 1.807) is 0 Å². The van der Waals surface area contributed by atoms with Crippen LogP contribution < -0.4 is 4.72 Å². The molecule has 10 heteroatoms. The molecule has 6 nitrogen and oxygen atoms in total. The van der Waals surface area contributed by atoms with E-state index >= 15 is 0 Å². The zero-order valence-electron chi connectivity index (χ0n) is 8.29. The van der Waals surface area contributed by atoms with Gasteiger partial charge in [0.1, 0.15) is 5.69 Å². The fraction of sp³-hybridized carbons (Fsp3) is 0.286. The second-order valence-corrected chi connectivity index (χ2v) is 4.77. The van der Waals surface area contributed by atoms with Crippen molar-refractivity contribution in [3.63, 3.8) is 0 Å². The number of anilines is 1. The van der Waals surface area contributed by atoms with Gasteiger partial charge in [0.25, 0.3) is 0 Å². The number of aryl methyl sites for hydroxylation is 1. The van der Waals surface area contributed by atoms with E-state index in [9.17, 15) is 26.4 Å². The Balaban J connectivity index is 3.17.